The summed E-state index contributed by atoms with van der Waals surface area (Å²) in [7, 11) is 0. The van der Waals surface area contributed by atoms with E-state index in [1.165, 1.54) is 12.1 Å². The molecule has 7 heteroatoms. The summed E-state index contributed by atoms with van der Waals surface area (Å²) in [4.78, 5) is 0. The molecule has 0 bridgehead atoms. The van der Waals surface area contributed by atoms with Gasteiger partial charge in [0.05, 0.1) is 11.6 Å². The summed E-state index contributed by atoms with van der Waals surface area (Å²) in [5.74, 6) is 0.435. The molecule has 2 N–H and O–H groups in total. The van der Waals surface area contributed by atoms with Gasteiger partial charge in [-0.3, -0.25) is 0 Å². The van der Waals surface area contributed by atoms with Gasteiger partial charge in [-0.15, -0.1) is 10.2 Å². The number of alkyl halides is 3. The maximum Gasteiger partial charge on any atom is 0.416 e. The summed E-state index contributed by atoms with van der Waals surface area (Å²) in [6.45, 7) is 1.87. The highest BCUT2D eigenvalue weighted by atomic mass is 19.4. The first-order valence-corrected chi connectivity index (χ1v) is 5.68. The minimum absolute atomic E-state index is 0.160. The summed E-state index contributed by atoms with van der Waals surface area (Å²) >= 11 is 0. The molecule has 0 amide bonds. The molecule has 0 fully saturated rings. The summed E-state index contributed by atoms with van der Waals surface area (Å²) < 4.78 is 42.5. The molecule has 2 rings (SSSR count). The van der Waals surface area contributed by atoms with Crippen LogP contribution in [-0.2, 0) is 6.18 Å². The van der Waals surface area contributed by atoms with Crippen LogP contribution in [-0.4, -0.2) is 10.2 Å². The zero-order chi connectivity index (χ0) is 14.0. The van der Waals surface area contributed by atoms with Crippen molar-refractivity contribution in [1.29, 1.82) is 0 Å². The second-order valence-electron chi connectivity index (χ2n) is 4.04. The SMILES string of the molecule is CCC(N)c1nnc(-c2ccc(C(F)(F)F)cc2)o1. The van der Waals surface area contributed by atoms with Gasteiger partial charge in [-0.1, -0.05) is 6.92 Å². The number of nitrogens with two attached hydrogens (primary N) is 1. The molecule has 1 unspecified atom stereocenters. The van der Waals surface area contributed by atoms with Crippen LogP contribution in [0.15, 0.2) is 28.7 Å². The number of nitrogens with zero attached hydrogens (tertiary/aromatic N) is 2. The molecule has 1 atom stereocenters. The van der Waals surface area contributed by atoms with Crippen LogP contribution in [0.3, 0.4) is 0 Å². The van der Waals surface area contributed by atoms with E-state index >= 15 is 0 Å². The topological polar surface area (TPSA) is 64.9 Å². The summed E-state index contributed by atoms with van der Waals surface area (Å²) in [5, 5.41) is 7.54. The van der Waals surface area contributed by atoms with Crippen molar-refractivity contribution in [3.8, 4) is 11.5 Å². The van der Waals surface area contributed by atoms with E-state index < -0.39 is 11.7 Å². The van der Waals surface area contributed by atoms with E-state index in [0.29, 0.717) is 12.0 Å². The number of aromatic nitrogens is 2. The standard InChI is InChI=1S/C12H12F3N3O/c1-2-9(16)11-18-17-10(19-11)7-3-5-8(6-4-7)12(13,14)15/h3-6,9H,2,16H2,1H3. The van der Waals surface area contributed by atoms with E-state index in [1.54, 1.807) is 0 Å². The minimum atomic E-state index is -4.36. The average molecular weight is 271 g/mol. The third kappa shape index (κ3) is 2.93. The number of hydrogen-bond acceptors (Lipinski definition) is 4. The molecule has 0 aliphatic rings. The third-order valence-electron chi connectivity index (χ3n) is 2.66. The van der Waals surface area contributed by atoms with Gasteiger partial charge in [0, 0.05) is 5.56 Å². The lowest BCUT2D eigenvalue weighted by Gasteiger charge is -2.06. The second kappa shape index (κ2) is 5.00. The summed E-state index contributed by atoms with van der Waals surface area (Å²) in [5.41, 5.74) is 5.43. The lowest BCUT2D eigenvalue weighted by molar-refractivity contribution is -0.137. The van der Waals surface area contributed by atoms with Gasteiger partial charge in [-0.25, -0.2) is 0 Å². The van der Waals surface area contributed by atoms with Gasteiger partial charge in [0.1, 0.15) is 0 Å². The van der Waals surface area contributed by atoms with Crippen LogP contribution in [0.4, 0.5) is 13.2 Å². The molecule has 1 aromatic heterocycles. The van der Waals surface area contributed by atoms with E-state index in [0.717, 1.165) is 12.1 Å². The Labute approximate surface area is 107 Å². The zero-order valence-corrected chi connectivity index (χ0v) is 10.1. The Balaban J connectivity index is 2.25. The quantitative estimate of drug-likeness (QED) is 0.931. The van der Waals surface area contributed by atoms with Crippen LogP contribution in [0.5, 0.6) is 0 Å². The first-order valence-electron chi connectivity index (χ1n) is 5.68. The Hall–Kier alpha value is -1.89. The molecule has 0 radical (unpaired) electrons. The van der Waals surface area contributed by atoms with Crippen molar-refractivity contribution in [2.75, 3.05) is 0 Å². The normalized spacial score (nSPS) is 13.5. The molecule has 0 aliphatic heterocycles. The van der Waals surface area contributed by atoms with Crippen LogP contribution >= 0.6 is 0 Å². The van der Waals surface area contributed by atoms with Crippen molar-refractivity contribution in [3.05, 3.63) is 35.7 Å². The van der Waals surface area contributed by atoms with Crippen LogP contribution in [0.1, 0.15) is 30.8 Å². The number of rotatable bonds is 3. The fourth-order valence-electron chi connectivity index (χ4n) is 1.48. The Morgan fingerprint density at radius 2 is 1.84 bits per heavy atom. The highest BCUT2D eigenvalue weighted by molar-refractivity contribution is 5.53. The van der Waals surface area contributed by atoms with Gasteiger partial charge in [-0.05, 0) is 30.7 Å². The molecule has 0 aliphatic carbocycles. The molecule has 0 saturated heterocycles. The van der Waals surface area contributed by atoms with Crippen molar-refractivity contribution >= 4 is 0 Å². The van der Waals surface area contributed by atoms with Crippen LogP contribution < -0.4 is 5.73 Å². The summed E-state index contributed by atoms with van der Waals surface area (Å²) in [6.07, 6.45) is -3.72. The Kier molecular flexibility index (Phi) is 3.57. The highest BCUT2D eigenvalue weighted by Gasteiger charge is 2.30. The lowest BCUT2D eigenvalue weighted by Crippen LogP contribution is -2.08. The highest BCUT2D eigenvalue weighted by Crippen LogP contribution is 2.30. The van der Waals surface area contributed by atoms with Crippen molar-refractivity contribution < 1.29 is 17.6 Å². The van der Waals surface area contributed by atoms with E-state index in [1.807, 2.05) is 6.92 Å². The Bertz CT molecular complexity index is 548. The molecule has 0 spiro atoms. The van der Waals surface area contributed by atoms with Gasteiger partial charge in [0.2, 0.25) is 11.8 Å². The fourth-order valence-corrected chi connectivity index (χ4v) is 1.48. The van der Waals surface area contributed by atoms with Crippen molar-refractivity contribution in [2.45, 2.75) is 25.6 Å². The molecule has 102 valence electrons. The lowest BCUT2D eigenvalue weighted by atomic mass is 10.1. The fraction of sp³-hybridized carbons (Fsp3) is 0.333. The maximum absolute atomic E-state index is 12.4. The van der Waals surface area contributed by atoms with Gasteiger partial charge in [0.25, 0.3) is 0 Å². The van der Waals surface area contributed by atoms with Crippen LogP contribution in [0.2, 0.25) is 0 Å². The molecule has 1 aromatic carbocycles. The van der Waals surface area contributed by atoms with E-state index in [2.05, 4.69) is 10.2 Å². The minimum Gasteiger partial charge on any atom is -0.419 e. The van der Waals surface area contributed by atoms with E-state index in [-0.39, 0.29) is 17.8 Å². The Morgan fingerprint density at radius 3 is 2.37 bits per heavy atom. The molecule has 1 heterocycles. The second-order valence-corrected chi connectivity index (χ2v) is 4.04. The molecule has 0 saturated carbocycles. The third-order valence-corrected chi connectivity index (χ3v) is 2.66. The molecule has 2 aromatic rings. The number of benzene rings is 1. The van der Waals surface area contributed by atoms with Gasteiger partial charge in [0.15, 0.2) is 0 Å². The first-order chi connectivity index (χ1) is 8.91. The van der Waals surface area contributed by atoms with Crippen molar-refractivity contribution in [1.82, 2.24) is 10.2 Å². The molecule has 19 heavy (non-hydrogen) atoms. The van der Waals surface area contributed by atoms with Crippen molar-refractivity contribution in [3.63, 3.8) is 0 Å². The largest absolute Gasteiger partial charge is 0.419 e. The molecular formula is C12H12F3N3O. The number of halogens is 3. The average Bonchev–Trinajstić information content (AvgIpc) is 2.86. The van der Waals surface area contributed by atoms with Gasteiger partial charge < -0.3 is 10.2 Å². The van der Waals surface area contributed by atoms with Crippen LogP contribution in [0, 0.1) is 0 Å². The smallest absolute Gasteiger partial charge is 0.416 e. The van der Waals surface area contributed by atoms with Gasteiger partial charge >= 0.3 is 6.18 Å². The first kappa shape index (κ1) is 13.5. The van der Waals surface area contributed by atoms with Crippen molar-refractivity contribution in [2.24, 2.45) is 5.73 Å². The maximum atomic E-state index is 12.4. The number of hydrogen-bond donors (Lipinski definition) is 1. The van der Waals surface area contributed by atoms with E-state index in [4.69, 9.17) is 10.2 Å². The van der Waals surface area contributed by atoms with Gasteiger partial charge in [-0.2, -0.15) is 13.2 Å². The predicted molar refractivity (Wildman–Crippen MR) is 62.0 cm³/mol. The molecular weight excluding hydrogens is 259 g/mol. The Morgan fingerprint density at radius 1 is 1.21 bits per heavy atom. The zero-order valence-electron chi connectivity index (χ0n) is 10.1. The molecule has 4 nitrogen and oxygen atoms in total. The summed E-state index contributed by atoms with van der Waals surface area (Å²) in [6, 6.07) is 4.16. The van der Waals surface area contributed by atoms with E-state index in [9.17, 15) is 13.2 Å². The monoisotopic (exact) mass is 271 g/mol. The predicted octanol–water partition coefficient (Wildman–Crippen LogP) is 3.17. The van der Waals surface area contributed by atoms with Crippen LogP contribution in [0.25, 0.3) is 11.5 Å².